The van der Waals surface area contributed by atoms with Crippen LogP contribution in [0, 0.1) is 10.1 Å². The Bertz CT molecular complexity index is 906. The van der Waals surface area contributed by atoms with E-state index in [2.05, 4.69) is 5.32 Å². The van der Waals surface area contributed by atoms with Gasteiger partial charge in [-0.3, -0.25) is 14.9 Å². The summed E-state index contributed by atoms with van der Waals surface area (Å²) in [4.78, 5) is 35.6. The van der Waals surface area contributed by atoms with Gasteiger partial charge in [0.1, 0.15) is 11.4 Å². The van der Waals surface area contributed by atoms with E-state index in [9.17, 15) is 19.7 Å². The Morgan fingerprint density at radius 2 is 2.00 bits per heavy atom. The van der Waals surface area contributed by atoms with Gasteiger partial charge in [-0.15, -0.1) is 11.8 Å². The molecular formula is C18H17ClN2O6S. The number of hydrogen-bond acceptors (Lipinski definition) is 7. The molecule has 0 saturated carbocycles. The maximum absolute atomic E-state index is 12.2. The number of nitrogens with one attached hydrogen (secondary N) is 1. The first-order chi connectivity index (χ1) is 13.3. The minimum atomic E-state index is -0.766. The highest BCUT2D eigenvalue weighted by atomic mass is 35.5. The normalized spacial score (nSPS) is 10.2. The Morgan fingerprint density at radius 3 is 2.64 bits per heavy atom. The minimum absolute atomic E-state index is 0.0306. The lowest BCUT2D eigenvalue weighted by Crippen LogP contribution is -2.21. The predicted molar refractivity (Wildman–Crippen MR) is 106 cm³/mol. The number of anilines is 1. The summed E-state index contributed by atoms with van der Waals surface area (Å²) in [5.41, 5.74) is -0.230. The summed E-state index contributed by atoms with van der Waals surface area (Å²) in [5.74, 6) is -1.18. The van der Waals surface area contributed by atoms with Gasteiger partial charge in [-0.25, -0.2) is 4.79 Å². The molecule has 0 unspecified atom stereocenters. The highest BCUT2D eigenvalue weighted by Crippen LogP contribution is 2.29. The highest BCUT2D eigenvalue weighted by Gasteiger charge is 2.19. The SMILES string of the molecule is CCOc1ccc(NC(=O)COC(=O)c2cc(SC)ccc2Cl)c([N+](=O)[O-])c1. The van der Waals surface area contributed by atoms with Crippen molar-refractivity contribution in [3.05, 3.63) is 57.1 Å². The predicted octanol–water partition coefficient (Wildman–Crippen LogP) is 4.16. The zero-order chi connectivity index (χ0) is 20.7. The first-order valence-electron chi connectivity index (χ1n) is 8.07. The molecule has 0 heterocycles. The third-order valence-corrected chi connectivity index (χ3v) is 4.53. The highest BCUT2D eigenvalue weighted by molar-refractivity contribution is 7.98. The van der Waals surface area contributed by atoms with Gasteiger partial charge in [0.15, 0.2) is 6.61 Å². The number of carbonyl (C=O) groups excluding carboxylic acids is 2. The van der Waals surface area contributed by atoms with Gasteiger partial charge in [-0.1, -0.05) is 11.6 Å². The molecule has 8 nitrogen and oxygen atoms in total. The van der Waals surface area contributed by atoms with Crippen LogP contribution in [0.3, 0.4) is 0 Å². The van der Waals surface area contributed by atoms with Gasteiger partial charge < -0.3 is 14.8 Å². The van der Waals surface area contributed by atoms with E-state index < -0.39 is 23.4 Å². The summed E-state index contributed by atoms with van der Waals surface area (Å²) in [5, 5.41) is 13.8. The van der Waals surface area contributed by atoms with Gasteiger partial charge in [0.25, 0.3) is 11.6 Å². The molecule has 148 valence electrons. The third-order valence-electron chi connectivity index (χ3n) is 3.48. The number of thioether (sulfide) groups is 1. The fourth-order valence-electron chi connectivity index (χ4n) is 2.21. The van der Waals surface area contributed by atoms with E-state index in [1.165, 1.54) is 30.0 Å². The molecule has 0 aliphatic heterocycles. The van der Waals surface area contributed by atoms with Gasteiger partial charge in [0, 0.05) is 4.90 Å². The Kier molecular flexibility index (Phi) is 7.65. The van der Waals surface area contributed by atoms with Crippen LogP contribution in [-0.2, 0) is 9.53 Å². The fraction of sp³-hybridized carbons (Fsp3) is 0.222. The van der Waals surface area contributed by atoms with Crippen LogP contribution in [0.5, 0.6) is 5.75 Å². The number of esters is 1. The van der Waals surface area contributed by atoms with Crippen LogP contribution in [0.4, 0.5) is 11.4 Å². The summed E-state index contributed by atoms with van der Waals surface area (Å²) >= 11 is 7.42. The summed E-state index contributed by atoms with van der Waals surface area (Å²) < 4.78 is 10.2. The molecule has 0 radical (unpaired) electrons. The first-order valence-corrected chi connectivity index (χ1v) is 9.67. The molecule has 0 aliphatic rings. The van der Waals surface area contributed by atoms with E-state index >= 15 is 0 Å². The second-order valence-electron chi connectivity index (χ2n) is 5.34. The number of halogens is 1. The average Bonchev–Trinajstić information content (AvgIpc) is 2.67. The van der Waals surface area contributed by atoms with E-state index in [4.69, 9.17) is 21.1 Å². The monoisotopic (exact) mass is 424 g/mol. The lowest BCUT2D eigenvalue weighted by Gasteiger charge is -2.10. The van der Waals surface area contributed by atoms with Gasteiger partial charge in [-0.05, 0) is 43.5 Å². The molecule has 28 heavy (non-hydrogen) atoms. The largest absolute Gasteiger partial charge is 0.494 e. The fourth-order valence-corrected chi connectivity index (χ4v) is 2.84. The van der Waals surface area contributed by atoms with Crippen LogP contribution < -0.4 is 10.1 Å². The van der Waals surface area contributed by atoms with Crippen LogP contribution in [0.15, 0.2) is 41.3 Å². The quantitative estimate of drug-likeness (QED) is 0.293. The van der Waals surface area contributed by atoms with E-state index in [1.807, 2.05) is 6.26 Å². The van der Waals surface area contributed by atoms with Crippen molar-refractivity contribution in [3.63, 3.8) is 0 Å². The number of nitro groups is 1. The second-order valence-corrected chi connectivity index (χ2v) is 6.63. The van der Waals surface area contributed by atoms with Crippen LogP contribution in [0.2, 0.25) is 5.02 Å². The molecule has 10 heteroatoms. The Hall–Kier alpha value is -2.78. The summed E-state index contributed by atoms with van der Waals surface area (Å²) in [7, 11) is 0. The number of nitro benzene ring substituents is 1. The number of ether oxygens (including phenoxy) is 2. The Morgan fingerprint density at radius 1 is 1.25 bits per heavy atom. The molecule has 0 bridgehead atoms. The molecule has 0 aromatic heterocycles. The molecule has 0 atom stereocenters. The molecule has 0 fully saturated rings. The molecule has 0 aliphatic carbocycles. The van der Waals surface area contributed by atoms with Crippen molar-refractivity contribution in [1.29, 1.82) is 0 Å². The average molecular weight is 425 g/mol. The standard InChI is InChI=1S/C18H17ClN2O6S/c1-3-26-11-4-7-15(16(8-11)21(24)25)20-17(22)10-27-18(23)13-9-12(28-2)5-6-14(13)19/h4-9H,3,10H2,1-2H3,(H,20,22). The van der Waals surface area contributed by atoms with Crippen molar-refractivity contribution in [2.45, 2.75) is 11.8 Å². The van der Waals surface area contributed by atoms with Crippen molar-refractivity contribution in [2.75, 3.05) is 24.8 Å². The minimum Gasteiger partial charge on any atom is -0.494 e. The Labute approximate surface area is 170 Å². The number of rotatable bonds is 8. The number of amides is 1. The molecular weight excluding hydrogens is 408 g/mol. The van der Waals surface area contributed by atoms with Gasteiger partial charge in [0.2, 0.25) is 0 Å². The smallest absolute Gasteiger partial charge is 0.340 e. The maximum atomic E-state index is 12.2. The zero-order valence-corrected chi connectivity index (χ0v) is 16.6. The van der Waals surface area contributed by atoms with Crippen molar-refractivity contribution in [3.8, 4) is 5.75 Å². The number of hydrogen-bond donors (Lipinski definition) is 1. The van der Waals surface area contributed by atoms with Crippen LogP contribution >= 0.6 is 23.4 Å². The number of carbonyl (C=O) groups is 2. The zero-order valence-electron chi connectivity index (χ0n) is 15.1. The molecule has 0 spiro atoms. The topological polar surface area (TPSA) is 108 Å². The maximum Gasteiger partial charge on any atom is 0.340 e. The van der Waals surface area contributed by atoms with E-state index in [-0.39, 0.29) is 22.0 Å². The lowest BCUT2D eigenvalue weighted by atomic mass is 10.2. The molecule has 2 rings (SSSR count). The van der Waals surface area contributed by atoms with E-state index in [1.54, 1.807) is 25.1 Å². The summed E-state index contributed by atoms with van der Waals surface area (Å²) in [6.07, 6.45) is 1.84. The van der Waals surface area contributed by atoms with Crippen molar-refractivity contribution in [1.82, 2.24) is 0 Å². The van der Waals surface area contributed by atoms with Crippen LogP contribution in [0.1, 0.15) is 17.3 Å². The van der Waals surface area contributed by atoms with Crippen LogP contribution in [0.25, 0.3) is 0 Å². The Balaban J connectivity index is 2.04. The van der Waals surface area contributed by atoms with Gasteiger partial charge in [-0.2, -0.15) is 0 Å². The van der Waals surface area contributed by atoms with E-state index in [0.29, 0.717) is 12.4 Å². The van der Waals surface area contributed by atoms with Gasteiger partial charge >= 0.3 is 5.97 Å². The molecule has 2 aromatic rings. The molecule has 1 amide bonds. The molecule has 1 N–H and O–H groups in total. The number of benzene rings is 2. The summed E-state index contributed by atoms with van der Waals surface area (Å²) in [6.45, 7) is 1.47. The van der Waals surface area contributed by atoms with Crippen molar-refractivity contribution in [2.24, 2.45) is 0 Å². The second kappa shape index (κ2) is 9.95. The number of nitrogens with zero attached hydrogens (tertiary/aromatic N) is 1. The third kappa shape index (κ3) is 5.61. The van der Waals surface area contributed by atoms with Gasteiger partial charge in [0.05, 0.1) is 28.2 Å². The van der Waals surface area contributed by atoms with Crippen molar-refractivity contribution < 1.29 is 24.0 Å². The van der Waals surface area contributed by atoms with Crippen LogP contribution in [-0.4, -0.2) is 36.3 Å². The summed E-state index contributed by atoms with van der Waals surface area (Å²) in [6, 6.07) is 8.92. The lowest BCUT2D eigenvalue weighted by molar-refractivity contribution is -0.384. The van der Waals surface area contributed by atoms with E-state index in [0.717, 1.165) is 4.90 Å². The first kappa shape index (κ1) is 21.5. The molecule has 2 aromatic carbocycles. The van der Waals surface area contributed by atoms with Crippen molar-refractivity contribution >= 4 is 46.6 Å². The molecule has 0 saturated heterocycles.